The van der Waals surface area contributed by atoms with Gasteiger partial charge >= 0.3 is 0 Å². The van der Waals surface area contributed by atoms with Crippen molar-refractivity contribution in [2.75, 3.05) is 71.0 Å². The highest BCUT2D eigenvalue weighted by molar-refractivity contribution is 8.01. The fraction of sp³-hybridized carbons (Fsp3) is 0.405. The normalized spacial score (nSPS) is 18.4. The number of likely N-dealkylation sites (N-methyl/N-ethyl adjacent to an activating group) is 1. The van der Waals surface area contributed by atoms with Crippen molar-refractivity contribution in [3.63, 3.8) is 0 Å². The van der Waals surface area contributed by atoms with Gasteiger partial charge in [-0.15, -0.1) is 11.8 Å². The molecule has 6 rings (SSSR count). The minimum Gasteiger partial charge on any atom is -0.491 e. The molecular formula is C42H49F2N3O3S. The molecule has 2 aliphatic rings. The summed E-state index contributed by atoms with van der Waals surface area (Å²) < 4.78 is 38.7. The maximum Gasteiger partial charge on any atom is 0.248 e. The molecule has 0 radical (unpaired) electrons. The number of anilines is 1. The highest BCUT2D eigenvalue weighted by Gasteiger charge is 2.51. The SMILES string of the molecule is CC(C)C1(c2ccccc2OCCOCCN2CCN(CCCC(c3ccc(F)cc3)c3ccc(F)cc3)CC2)Sc2ccccc2N(C)C1=O. The average molecular weight is 714 g/mol. The molecule has 1 unspecified atom stereocenters. The molecule has 0 bridgehead atoms. The summed E-state index contributed by atoms with van der Waals surface area (Å²) in [7, 11) is 1.86. The zero-order valence-electron chi connectivity index (χ0n) is 29.9. The Balaban J connectivity index is 0.931. The zero-order chi connectivity index (χ0) is 35.8. The van der Waals surface area contributed by atoms with Gasteiger partial charge in [0.25, 0.3) is 0 Å². The first-order valence-electron chi connectivity index (χ1n) is 18.1. The number of piperazine rings is 1. The van der Waals surface area contributed by atoms with Gasteiger partial charge in [-0.25, -0.2) is 8.78 Å². The van der Waals surface area contributed by atoms with Crippen molar-refractivity contribution in [3.8, 4) is 5.75 Å². The average Bonchev–Trinajstić information content (AvgIpc) is 3.15. The summed E-state index contributed by atoms with van der Waals surface area (Å²) in [6.07, 6.45) is 1.91. The Labute approximate surface area is 305 Å². The van der Waals surface area contributed by atoms with E-state index in [4.69, 9.17) is 9.47 Å². The van der Waals surface area contributed by atoms with Crippen molar-refractivity contribution in [2.45, 2.75) is 42.2 Å². The first-order valence-corrected chi connectivity index (χ1v) is 18.9. The molecule has 2 aliphatic heterocycles. The predicted molar refractivity (Wildman–Crippen MR) is 202 cm³/mol. The lowest BCUT2D eigenvalue weighted by atomic mass is 9.85. The highest BCUT2D eigenvalue weighted by Crippen LogP contribution is 2.56. The smallest absolute Gasteiger partial charge is 0.248 e. The molecule has 0 aromatic heterocycles. The number of nitrogens with zero attached hydrogens (tertiary/aromatic N) is 3. The van der Waals surface area contributed by atoms with Crippen LogP contribution in [0.5, 0.6) is 5.75 Å². The highest BCUT2D eigenvalue weighted by atomic mass is 32.2. The van der Waals surface area contributed by atoms with Crippen molar-refractivity contribution >= 4 is 23.4 Å². The standard InChI is InChI=1S/C42H49F2N3O3S/c1-31(2)42(41(48)45(3)38-11-5-7-13-40(38)51-42)37-10-4-6-12-39(37)50-30-29-49-28-27-47-25-23-46(24-26-47)22-8-9-36(32-14-18-34(43)19-15-32)33-16-20-35(44)21-17-33/h4-7,10-21,31,36H,8-9,22-30H2,1-3H3. The lowest BCUT2D eigenvalue weighted by molar-refractivity contribution is -0.122. The van der Waals surface area contributed by atoms with E-state index in [0.717, 1.165) is 85.1 Å². The topological polar surface area (TPSA) is 45.3 Å². The van der Waals surface area contributed by atoms with Gasteiger partial charge in [0.1, 0.15) is 28.7 Å². The van der Waals surface area contributed by atoms with E-state index in [1.807, 2.05) is 73.8 Å². The Morgan fingerprint density at radius 3 is 1.98 bits per heavy atom. The minimum atomic E-state index is -0.796. The van der Waals surface area contributed by atoms with Crippen LogP contribution in [0.1, 0.15) is 49.3 Å². The van der Waals surface area contributed by atoms with Crippen LogP contribution in [0.3, 0.4) is 0 Å². The number of ether oxygens (including phenoxy) is 2. The number of hydrogen-bond donors (Lipinski definition) is 0. The van der Waals surface area contributed by atoms with Crippen LogP contribution in [-0.2, 0) is 14.3 Å². The van der Waals surface area contributed by atoms with E-state index in [0.29, 0.717) is 19.8 Å². The first kappa shape index (κ1) is 37.0. The van der Waals surface area contributed by atoms with Gasteiger partial charge in [-0.3, -0.25) is 9.69 Å². The Bertz CT molecular complexity index is 1680. The Morgan fingerprint density at radius 1 is 0.745 bits per heavy atom. The van der Waals surface area contributed by atoms with Gasteiger partial charge in [0.05, 0.1) is 18.9 Å². The lowest BCUT2D eigenvalue weighted by Gasteiger charge is -2.43. The molecule has 51 heavy (non-hydrogen) atoms. The van der Waals surface area contributed by atoms with Crippen LogP contribution in [0.4, 0.5) is 14.5 Å². The molecule has 270 valence electrons. The van der Waals surface area contributed by atoms with Crippen molar-refractivity contribution in [2.24, 2.45) is 5.92 Å². The maximum absolute atomic E-state index is 14.0. The summed E-state index contributed by atoms with van der Waals surface area (Å²) >= 11 is 1.62. The molecule has 1 fully saturated rings. The van der Waals surface area contributed by atoms with E-state index in [1.165, 1.54) is 24.3 Å². The molecule has 2 heterocycles. The molecular weight excluding hydrogens is 665 g/mol. The molecule has 1 saturated heterocycles. The van der Waals surface area contributed by atoms with Gasteiger partial charge < -0.3 is 19.3 Å². The number of benzene rings is 4. The first-order chi connectivity index (χ1) is 24.8. The molecule has 1 atom stereocenters. The molecule has 4 aromatic rings. The fourth-order valence-electron chi connectivity index (χ4n) is 7.32. The Hall–Kier alpha value is -3.76. The monoisotopic (exact) mass is 713 g/mol. The quantitative estimate of drug-likeness (QED) is 0.116. The van der Waals surface area contributed by atoms with Crippen LogP contribution in [0.15, 0.2) is 102 Å². The van der Waals surface area contributed by atoms with Crippen LogP contribution in [0, 0.1) is 17.6 Å². The molecule has 0 N–H and O–H groups in total. The van der Waals surface area contributed by atoms with Crippen molar-refractivity contribution in [1.82, 2.24) is 9.80 Å². The number of amides is 1. The van der Waals surface area contributed by atoms with E-state index < -0.39 is 4.75 Å². The Kier molecular flexibility index (Phi) is 12.5. The van der Waals surface area contributed by atoms with E-state index in [-0.39, 0.29) is 29.4 Å². The van der Waals surface area contributed by atoms with Gasteiger partial charge in [0.15, 0.2) is 0 Å². The molecule has 0 aliphatic carbocycles. The van der Waals surface area contributed by atoms with E-state index >= 15 is 0 Å². The summed E-state index contributed by atoms with van der Waals surface area (Å²) in [4.78, 5) is 21.8. The molecule has 0 spiro atoms. The number of carbonyl (C=O) groups is 1. The van der Waals surface area contributed by atoms with Gasteiger partial charge in [0.2, 0.25) is 5.91 Å². The van der Waals surface area contributed by atoms with E-state index in [2.05, 4.69) is 29.7 Å². The summed E-state index contributed by atoms with van der Waals surface area (Å²) in [6.45, 7) is 11.6. The largest absolute Gasteiger partial charge is 0.491 e. The van der Waals surface area contributed by atoms with Crippen molar-refractivity contribution in [1.29, 1.82) is 0 Å². The summed E-state index contributed by atoms with van der Waals surface area (Å²) in [5, 5.41) is 0. The summed E-state index contributed by atoms with van der Waals surface area (Å²) in [5.41, 5.74) is 3.95. The molecule has 9 heteroatoms. The number of hydrogen-bond acceptors (Lipinski definition) is 6. The third kappa shape index (κ3) is 8.66. The second kappa shape index (κ2) is 17.2. The number of rotatable bonds is 15. The van der Waals surface area contributed by atoms with Crippen molar-refractivity contribution in [3.05, 3.63) is 125 Å². The van der Waals surface area contributed by atoms with Crippen LogP contribution in [-0.4, -0.2) is 81.8 Å². The maximum atomic E-state index is 14.0. The predicted octanol–water partition coefficient (Wildman–Crippen LogP) is 8.21. The number of thioether (sulfide) groups is 1. The number of para-hydroxylation sites is 2. The fourth-order valence-corrected chi connectivity index (χ4v) is 8.86. The molecule has 4 aromatic carbocycles. The molecule has 0 saturated carbocycles. The van der Waals surface area contributed by atoms with Gasteiger partial charge in [-0.1, -0.05) is 68.4 Å². The van der Waals surface area contributed by atoms with Crippen LogP contribution in [0.2, 0.25) is 0 Å². The number of carbonyl (C=O) groups excluding carboxylic acids is 1. The summed E-state index contributed by atoms with van der Waals surface area (Å²) in [5.74, 6) is 0.427. The van der Waals surface area contributed by atoms with Gasteiger partial charge in [-0.05, 0) is 78.9 Å². The second-order valence-corrected chi connectivity index (χ2v) is 15.1. The third-order valence-corrected chi connectivity index (χ3v) is 12.0. The van der Waals surface area contributed by atoms with Crippen LogP contribution in [0.25, 0.3) is 0 Å². The van der Waals surface area contributed by atoms with Gasteiger partial charge in [0, 0.05) is 56.1 Å². The zero-order valence-corrected chi connectivity index (χ0v) is 30.7. The van der Waals surface area contributed by atoms with E-state index in [1.54, 1.807) is 16.7 Å². The van der Waals surface area contributed by atoms with Crippen molar-refractivity contribution < 1.29 is 23.0 Å². The van der Waals surface area contributed by atoms with Crippen LogP contribution < -0.4 is 9.64 Å². The lowest BCUT2D eigenvalue weighted by Crippen LogP contribution is -2.49. The third-order valence-electron chi connectivity index (χ3n) is 10.2. The Morgan fingerprint density at radius 2 is 1.33 bits per heavy atom. The number of halogens is 2. The van der Waals surface area contributed by atoms with Gasteiger partial charge in [-0.2, -0.15) is 0 Å². The molecule has 6 nitrogen and oxygen atoms in total. The number of fused-ring (bicyclic) bond motifs is 1. The van der Waals surface area contributed by atoms with E-state index in [9.17, 15) is 13.6 Å². The minimum absolute atomic E-state index is 0.0343. The van der Waals surface area contributed by atoms with Crippen LogP contribution >= 0.6 is 11.8 Å². The second-order valence-electron chi connectivity index (χ2n) is 13.8. The summed E-state index contributed by atoms with van der Waals surface area (Å²) in [6, 6.07) is 29.4. The molecule has 1 amide bonds.